The second-order valence-corrected chi connectivity index (χ2v) is 6.26. The first kappa shape index (κ1) is 16.5. The zero-order chi connectivity index (χ0) is 17.1. The molecule has 2 aromatic carbocycles. The summed E-state index contributed by atoms with van der Waals surface area (Å²) in [7, 11) is 0. The summed E-state index contributed by atoms with van der Waals surface area (Å²) in [6.07, 6.45) is 0. The van der Waals surface area contributed by atoms with Gasteiger partial charge in [-0.25, -0.2) is 4.79 Å². The topological polar surface area (TPSA) is 33.5 Å². The Morgan fingerprint density at radius 1 is 1.00 bits per heavy atom. The second kappa shape index (κ2) is 7.02. The molecule has 1 heterocycles. The molecule has 0 spiro atoms. The number of aryl methyl sites for hydroxylation is 2. The van der Waals surface area contributed by atoms with E-state index in [1.807, 2.05) is 19.9 Å². The zero-order valence-corrected chi connectivity index (χ0v) is 14.5. The minimum Gasteiger partial charge on any atom is -0.422 e. The van der Waals surface area contributed by atoms with Gasteiger partial charge < -0.3 is 4.42 Å². The van der Waals surface area contributed by atoms with Gasteiger partial charge in [0.1, 0.15) is 5.58 Å². The Kier molecular flexibility index (Phi) is 4.81. The van der Waals surface area contributed by atoms with Gasteiger partial charge in [-0.2, -0.15) is 0 Å². The molecule has 124 valence electrons. The van der Waals surface area contributed by atoms with Crippen molar-refractivity contribution in [1.29, 1.82) is 0 Å². The molecule has 0 aliphatic heterocycles. The van der Waals surface area contributed by atoms with Gasteiger partial charge in [0.25, 0.3) is 0 Å². The molecule has 3 nitrogen and oxygen atoms in total. The van der Waals surface area contributed by atoms with Crippen LogP contribution in [-0.4, -0.2) is 11.4 Å². The molecule has 0 unspecified atom stereocenters. The molecule has 0 bridgehead atoms. The largest absolute Gasteiger partial charge is 0.422 e. The smallest absolute Gasteiger partial charge is 0.336 e. The van der Waals surface area contributed by atoms with E-state index in [-0.39, 0.29) is 5.63 Å². The first-order valence-electron chi connectivity index (χ1n) is 8.37. The summed E-state index contributed by atoms with van der Waals surface area (Å²) in [5, 5.41) is 1.03. The summed E-state index contributed by atoms with van der Waals surface area (Å²) in [6, 6.07) is 16.2. The van der Waals surface area contributed by atoms with Crippen molar-refractivity contribution in [3.05, 3.63) is 81.2 Å². The molecule has 0 aliphatic rings. The van der Waals surface area contributed by atoms with Crippen molar-refractivity contribution >= 4 is 11.0 Å². The fourth-order valence-electron chi connectivity index (χ4n) is 3.02. The van der Waals surface area contributed by atoms with E-state index < -0.39 is 0 Å². The molecule has 0 atom stereocenters. The zero-order valence-electron chi connectivity index (χ0n) is 14.5. The Labute approximate surface area is 142 Å². The molecular formula is C21H23NO2. The van der Waals surface area contributed by atoms with Crippen LogP contribution in [0.25, 0.3) is 11.0 Å². The van der Waals surface area contributed by atoms with Gasteiger partial charge in [0.05, 0.1) is 0 Å². The summed E-state index contributed by atoms with van der Waals surface area (Å²) in [5.41, 5.74) is 4.92. The van der Waals surface area contributed by atoms with Gasteiger partial charge >= 0.3 is 5.63 Å². The lowest BCUT2D eigenvalue weighted by Gasteiger charge is -2.21. The number of rotatable bonds is 5. The fraction of sp³-hybridized carbons (Fsp3) is 0.286. The number of hydrogen-bond donors (Lipinski definition) is 0. The molecule has 0 saturated heterocycles. The van der Waals surface area contributed by atoms with Crippen LogP contribution in [0.2, 0.25) is 0 Å². The van der Waals surface area contributed by atoms with E-state index in [0.29, 0.717) is 5.58 Å². The van der Waals surface area contributed by atoms with E-state index in [4.69, 9.17) is 4.42 Å². The van der Waals surface area contributed by atoms with Gasteiger partial charge in [-0.15, -0.1) is 0 Å². The second-order valence-electron chi connectivity index (χ2n) is 6.26. The van der Waals surface area contributed by atoms with E-state index in [1.54, 1.807) is 6.07 Å². The molecular weight excluding hydrogens is 298 g/mol. The van der Waals surface area contributed by atoms with E-state index in [9.17, 15) is 4.79 Å². The quantitative estimate of drug-likeness (QED) is 0.652. The van der Waals surface area contributed by atoms with Crippen molar-refractivity contribution in [2.24, 2.45) is 0 Å². The van der Waals surface area contributed by atoms with Crippen LogP contribution in [0.3, 0.4) is 0 Å². The SMILES string of the molecule is CCN(Cc1ccccc1)Cc1cc(=O)oc2c(C)c(C)ccc12. The van der Waals surface area contributed by atoms with Gasteiger partial charge in [0.15, 0.2) is 0 Å². The lowest BCUT2D eigenvalue weighted by atomic mass is 10.0. The molecule has 3 aromatic rings. The maximum Gasteiger partial charge on any atom is 0.336 e. The van der Waals surface area contributed by atoms with Crippen molar-refractivity contribution in [3.8, 4) is 0 Å². The Hall–Kier alpha value is -2.39. The summed E-state index contributed by atoms with van der Waals surface area (Å²) in [6.45, 7) is 8.70. The molecule has 0 saturated carbocycles. The van der Waals surface area contributed by atoms with Gasteiger partial charge in [0, 0.05) is 24.5 Å². The highest BCUT2D eigenvalue weighted by Crippen LogP contribution is 2.24. The predicted molar refractivity (Wildman–Crippen MR) is 98.2 cm³/mol. The third-order valence-electron chi connectivity index (χ3n) is 4.61. The van der Waals surface area contributed by atoms with Crippen LogP contribution in [0, 0.1) is 13.8 Å². The molecule has 3 heteroatoms. The van der Waals surface area contributed by atoms with Crippen LogP contribution < -0.4 is 5.63 Å². The van der Waals surface area contributed by atoms with E-state index in [1.165, 1.54) is 5.56 Å². The molecule has 0 radical (unpaired) electrons. The number of nitrogens with zero attached hydrogens (tertiary/aromatic N) is 1. The molecule has 24 heavy (non-hydrogen) atoms. The highest BCUT2D eigenvalue weighted by atomic mass is 16.4. The van der Waals surface area contributed by atoms with Crippen molar-refractivity contribution in [1.82, 2.24) is 4.90 Å². The molecule has 0 amide bonds. The van der Waals surface area contributed by atoms with Crippen molar-refractivity contribution in [2.75, 3.05) is 6.54 Å². The number of hydrogen-bond acceptors (Lipinski definition) is 3. The average molecular weight is 321 g/mol. The minimum atomic E-state index is -0.276. The summed E-state index contributed by atoms with van der Waals surface area (Å²) >= 11 is 0. The van der Waals surface area contributed by atoms with Crippen LogP contribution in [0.5, 0.6) is 0 Å². The monoisotopic (exact) mass is 321 g/mol. The molecule has 1 aromatic heterocycles. The third-order valence-corrected chi connectivity index (χ3v) is 4.61. The number of fused-ring (bicyclic) bond motifs is 1. The molecule has 0 aliphatic carbocycles. The van der Waals surface area contributed by atoms with Crippen molar-refractivity contribution < 1.29 is 4.42 Å². The maximum atomic E-state index is 12.0. The van der Waals surface area contributed by atoms with Crippen molar-refractivity contribution in [3.63, 3.8) is 0 Å². The molecule has 0 fully saturated rings. The Morgan fingerprint density at radius 3 is 2.46 bits per heavy atom. The van der Waals surface area contributed by atoms with Gasteiger partial charge in [-0.3, -0.25) is 4.90 Å². The van der Waals surface area contributed by atoms with Gasteiger partial charge in [-0.05, 0) is 42.6 Å². The predicted octanol–water partition coefficient (Wildman–Crippen LogP) is 4.43. The van der Waals surface area contributed by atoms with E-state index in [0.717, 1.165) is 41.7 Å². The van der Waals surface area contributed by atoms with Crippen LogP contribution in [0.1, 0.15) is 29.2 Å². The Bertz CT molecular complexity index is 897. The first-order valence-corrected chi connectivity index (χ1v) is 8.37. The van der Waals surface area contributed by atoms with E-state index >= 15 is 0 Å². The normalized spacial score (nSPS) is 11.3. The maximum absolute atomic E-state index is 12.0. The van der Waals surface area contributed by atoms with E-state index in [2.05, 4.69) is 48.2 Å². The van der Waals surface area contributed by atoms with Crippen LogP contribution >= 0.6 is 0 Å². The summed E-state index contributed by atoms with van der Waals surface area (Å²) in [5.74, 6) is 0. The van der Waals surface area contributed by atoms with Crippen LogP contribution in [-0.2, 0) is 13.1 Å². The highest BCUT2D eigenvalue weighted by molar-refractivity contribution is 5.83. The van der Waals surface area contributed by atoms with Crippen LogP contribution in [0.4, 0.5) is 0 Å². The lowest BCUT2D eigenvalue weighted by Crippen LogP contribution is -2.23. The minimum absolute atomic E-state index is 0.276. The fourth-order valence-corrected chi connectivity index (χ4v) is 3.02. The highest BCUT2D eigenvalue weighted by Gasteiger charge is 2.12. The van der Waals surface area contributed by atoms with Crippen molar-refractivity contribution in [2.45, 2.75) is 33.9 Å². The summed E-state index contributed by atoms with van der Waals surface area (Å²) in [4.78, 5) is 14.3. The first-order chi connectivity index (χ1) is 11.6. The Morgan fingerprint density at radius 2 is 1.75 bits per heavy atom. The van der Waals surface area contributed by atoms with Gasteiger partial charge in [-0.1, -0.05) is 49.4 Å². The van der Waals surface area contributed by atoms with Crippen LogP contribution in [0.15, 0.2) is 57.7 Å². The molecule has 0 N–H and O–H groups in total. The lowest BCUT2D eigenvalue weighted by molar-refractivity contribution is 0.272. The molecule has 3 rings (SSSR count). The summed E-state index contributed by atoms with van der Waals surface area (Å²) < 4.78 is 5.47. The number of benzene rings is 2. The van der Waals surface area contributed by atoms with Gasteiger partial charge in [0.2, 0.25) is 0 Å². The standard InChI is InChI=1S/C21H23NO2/c1-4-22(13-17-8-6-5-7-9-17)14-18-12-20(23)24-21-16(3)15(2)10-11-19(18)21/h5-12H,4,13-14H2,1-3H3. The Balaban J connectivity index is 1.96. The average Bonchev–Trinajstić information content (AvgIpc) is 2.59. The third kappa shape index (κ3) is 3.41.